The molecule has 0 radical (unpaired) electrons. The highest BCUT2D eigenvalue weighted by atomic mass is 16.4. The number of urea groups is 1. The molecular formula is C17H30N4O3. The molecule has 2 aliphatic carbocycles. The van der Waals surface area contributed by atoms with Gasteiger partial charge >= 0.3 is 12.0 Å². The van der Waals surface area contributed by atoms with Crippen molar-refractivity contribution in [3.8, 4) is 0 Å². The molecule has 0 aromatic heterocycles. The van der Waals surface area contributed by atoms with E-state index in [1.807, 2.05) is 11.8 Å². The zero-order valence-electron chi connectivity index (χ0n) is 14.7. The molecule has 2 amide bonds. The van der Waals surface area contributed by atoms with E-state index < -0.39 is 5.97 Å². The first-order chi connectivity index (χ1) is 11.5. The molecule has 0 aromatic carbocycles. The van der Waals surface area contributed by atoms with Gasteiger partial charge in [-0.1, -0.05) is 13.8 Å². The molecule has 2 saturated carbocycles. The average Bonchev–Trinajstić information content (AvgIpc) is 3.26. The third kappa shape index (κ3) is 4.19. The monoisotopic (exact) mass is 338 g/mol. The van der Waals surface area contributed by atoms with Crippen LogP contribution in [-0.4, -0.2) is 77.3 Å². The molecule has 0 bridgehead atoms. The molecule has 2 unspecified atom stereocenters. The molecule has 7 heteroatoms. The summed E-state index contributed by atoms with van der Waals surface area (Å²) < 4.78 is 0. The van der Waals surface area contributed by atoms with Crippen LogP contribution in [0.4, 0.5) is 4.79 Å². The van der Waals surface area contributed by atoms with Crippen molar-refractivity contribution in [3.63, 3.8) is 0 Å². The van der Waals surface area contributed by atoms with Crippen LogP contribution in [0, 0.1) is 5.92 Å². The van der Waals surface area contributed by atoms with E-state index in [0.717, 1.165) is 38.5 Å². The van der Waals surface area contributed by atoms with Crippen LogP contribution < -0.4 is 10.6 Å². The Kier molecular flexibility index (Phi) is 5.30. The number of rotatable bonds is 7. The number of aliphatic carboxylic acids is 1. The Balaban J connectivity index is 1.37. The van der Waals surface area contributed by atoms with Crippen molar-refractivity contribution >= 4 is 12.0 Å². The van der Waals surface area contributed by atoms with Crippen LogP contribution in [0.1, 0.15) is 39.5 Å². The molecule has 136 valence electrons. The zero-order valence-corrected chi connectivity index (χ0v) is 14.7. The lowest BCUT2D eigenvalue weighted by molar-refractivity contribution is -0.139. The Hall–Kier alpha value is -1.34. The summed E-state index contributed by atoms with van der Waals surface area (Å²) in [7, 11) is 0. The molecular weight excluding hydrogens is 308 g/mol. The van der Waals surface area contributed by atoms with Gasteiger partial charge in [-0.25, -0.2) is 4.79 Å². The van der Waals surface area contributed by atoms with Gasteiger partial charge in [0, 0.05) is 37.3 Å². The van der Waals surface area contributed by atoms with E-state index in [0.29, 0.717) is 5.92 Å². The molecule has 24 heavy (non-hydrogen) atoms. The Labute approximate surface area is 143 Å². The second kappa shape index (κ2) is 7.27. The molecule has 3 rings (SSSR count). The fourth-order valence-corrected chi connectivity index (χ4v) is 4.00. The summed E-state index contributed by atoms with van der Waals surface area (Å²) in [5, 5.41) is 15.1. The molecule has 1 aliphatic heterocycles. The van der Waals surface area contributed by atoms with Crippen molar-refractivity contribution in [3.05, 3.63) is 0 Å². The molecule has 3 fully saturated rings. The number of carboxylic acid groups (broad SMARTS) is 1. The number of carbonyl (C=O) groups is 2. The summed E-state index contributed by atoms with van der Waals surface area (Å²) in [5.41, 5.74) is 0. The summed E-state index contributed by atoms with van der Waals surface area (Å²) in [6.07, 6.45) is 4.28. The lowest BCUT2D eigenvalue weighted by atomic mass is 9.85. The van der Waals surface area contributed by atoms with E-state index >= 15 is 0 Å². The number of amides is 2. The van der Waals surface area contributed by atoms with Gasteiger partial charge in [0.05, 0.1) is 6.54 Å². The van der Waals surface area contributed by atoms with E-state index in [1.54, 1.807) is 0 Å². The quantitative estimate of drug-likeness (QED) is 0.636. The van der Waals surface area contributed by atoms with Crippen molar-refractivity contribution in [1.29, 1.82) is 0 Å². The number of carboxylic acids is 1. The topological polar surface area (TPSA) is 84.9 Å². The lowest BCUT2D eigenvalue weighted by Gasteiger charge is -2.42. The van der Waals surface area contributed by atoms with Gasteiger partial charge in [0.25, 0.3) is 0 Å². The summed E-state index contributed by atoms with van der Waals surface area (Å²) in [4.78, 5) is 27.5. The Morgan fingerprint density at radius 3 is 2.50 bits per heavy atom. The van der Waals surface area contributed by atoms with Crippen LogP contribution in [-0.2, 0) is 4.79 Å². The molecule has 7 nitrogen and oxygen atoms in total. The molecule has 3 N–H and O–H groups in total. The summed E-state index contributed by atoms with van der Waals surface area (Å²) in [5.74, 6) is -0.293. The molecule has 3 aliphatic rings. The number of likely N-dealkylation sites (N-methyl/N-ethyl adjacent to an activating group) is 1. The predicted octanol–water partition coefficient (Wildman–Crippen LogP) is 0.706. The van der Waals surface area contributed by atoms with Crippen LogP contribution in [0.2, 0.25) is 0 Å². The van der Waals surface area contributed by atoms with Crippen LogP contribution in [0.25, 0.3) is 0 Å². The normalized spacial score (nSPS) is 33.3. The second-order valence-electron chi connectivity index (χ2n) is 7.67. The predicted molar refractivity (Wildman–Crippen MR) is 90.9 cm³/mol. The van der Waals surface area contributed by atoms with Crippen LogP contribution >= 0.6 is 0 Å². The maximum atomic E-state index is 12.2. The number of hydrogen-bond donors (Lipinski definition) is 3. The fourth-order valence-electron chi connectivity index (χ4n) is 4.00. The SMILES string of the molecule is CCN(CC(=O)O)C1CC(NC(=O)NC2CN(C3CC3)CC2C)C1. The van der Waals surface area contributed by atoms with E-state index in [1.165, 1.54) is 12.8 Å². The smallest absolute Gasteiger partial charge is 0.317 e. The van der Waals surface area contributed by atoms with E-state index in [-0.39, 0.29) is 30.7 Å². The van der Waals surface area contributed by atoms with Crippen molar-refractivity contribution in [2.45, 2.75) is 63.7 Å². The molecule has 1 saturated heterocycles. The number of nitrogens with zero attached hydrogens (tertiary/aromatic N) is 2. The largest absolute Gasteiger partial charge is 0.480 e. The number of hydrogen-bond acceptors (Lipinski definition) is 4. The van der Waals surface area contributed by atoms with Crippen molar-refractivity contribution in [2.24, 2.45) is 5.92 Å². The lowest BCUT2D eigenvalue weighted by Crippen LogP contribution is -2.57. The van der Waals surface area contributed by atoms with Crippen LogP contribution in [0.3, 0.4) is 0 Å². The maximum Gasteiger partial charge on any atom is 0.317 e. The standard InChI is InChI=1S/C17H30N4O3/c1-3-20(10-16(22)23)14-6-12(7-14)18-17(24)19-15-9-21(8-11(15)2)13-4-5-13/h11-15H,3-10H2,1-2H3,(H,22,23)(H2,18,19,24). The highest BCUT2D eigenvalue weighted by Gasteiger charge is 2.39. The Morgan fingerprint density at radius 2 is 1.92 bits per heavy atom. The Morgan fingerprint density at radius 1 is 1.21 bits per heavy atom. The highest BCUT2D eigenvalue weighted by molar-refractivity contribution is 5.75. The molecule has 0 aromatic rings. The molecule has 1 heterocycles. The summed E-state index contributed by atoms with van der Waals surface area (Å²) in [6.45, 7) is 7.04. The second-order valence-corrected chi connectivity index (χ2v) is 7.67. The highest BCUT2D eigenvalue weighted by Crippen LogP contribution is 2.31. The van der Waals surface area contributed by atoms with Gasteiger partial charge in [-0.05, 0) is 38.1 Å². The van der Waals surface area contributed by atoms with Gasteiger partial charge in [-0.15, -0.1) is 0 Å². The number of likely N-dealkylation sites (tertiary alicyclic amines) is 1. The van der Waals surface area contributed by atoms with Crippen LogP contribution in [0.5, 0.6) is 0 Å². The average molecular weight is 338 g/mol. The van der Waals surface area contributed by atoms with E-state index in [9.17, 15) is 9.59 Å². The number of nitrogens with one attached hydrogen (secondary N) is 2. The Bertz CT molecular complexity index is 476. The van der Waals surface area contributed by atoms with E-state index in [2.05, 4.69) is 22.5 Å². The number of carbonyl (C=O) groups excluding carboxylic acids is 1. The molecule has 0 spiro atoms. The maximum absolute atomic E-state index is 12.2. The summed E-state index contributed by atoms with van der Waals surface area (Å²) >= 11 is 0. The minimum Gasteiger partial charge on any atom is -0.480 e. The van der Waals surface area contributed by atoms with E-state index in [4.69, 9.17) is 5.11 Å². The van der Waals surface area contributed by atoms with Gasteiger partial charge in [-0.3, -0.25) is 14.6 Å². The van der Waals surface area contributed by atoms with Gasteiger partial charge in [0.2, 0.25) is 0 Å². The van der Waals surface area contributed by atoms with Crippen molar-refractivity contribution < 1.29 is 14.7 Å². The summed E-state index contributed by atoms with van der Waals surface area (Å²) in [6, 6.07) is 1.35. The molecule has 2 atom stereocenters. The zero-order chi connectivity index (χ0) is 17.3. The van der Waals surface area contributed by atoms with Gasteiger partial charge in [0.15, 0.2) is 0 Å². The van der Waals surface area contributed by atoms with Gasteiger partial charge < -0.3 is 15.7 Å². The first-order valence-corrected chi connectivity index (χ1v) is 9.23. The van der Waals surface area contributed by atoms with Gasteiger partial charge in [-0.2, -0.15) is 0 Å². The van der Waals surface area contributed by atoms with Crippen molar-refractivity contribution in [2.75, 3.05) is 26.2 Å². The van der Waals surface area contributed by atoms with Crippen LogP contribution in [0.15, 0.2) is 0 Å². The minimum atomic E-state index is -0.790. The minimum absolute atomic E-state index is 0.0748. The first-order valence-electron chi connectivity index (χ1n) is 9.23. The first kappa shape index (κ1) is 17.5. The van der Waals surface area contributed by atoms with Crippen molar-refractivity contribution in [1.82, 2.24) is 20.4 Å². The third-order valence-electron chi connectivity index (χ3n) is 5.73. The van der Waals surface area contributed by atoms with Gasteiger partial charge in [0.1, 0.15) is 0 Å². The third-order valence-corrected chi connectivity index (χ3v) is 5.73. The fraction of sp³-hybridized carbons (Fsp3) is 0.882.